The predicted molar refractivity (Wildman–Crippen MR) is 36.6 cm³/mol. The molecule has 0 aliphatic carbocycles. The quantitative estimate of drug-likeness (QED) is 0.594. The molecule has 1 heterocycles. The molecule has 0 aliphatic heterocycles. The van der Waals surface area contributed by atoms with E-state index >= 15 is 0 Å². The average Bonchev–Trinajstić information content (AvgIpc) is 1.89. The van der Waals surface area contributed by atoms with Gasteiger partial charge in [0.25, 0.3) is 0 Å². The fourth-order valence-corrected chi connectivity index (χ4v) is 0.655. The lowest BCUT2D eigenvalue weighted by Crippen LogP contribution is -2.00. The summed E-state index contributed by atoms with van der Waals surface area (Å²) >= 11 is 0. The van der Waals surface area contributed by atoms with E-state index in [1.165, 1.54) is 0 Å². The van der Waals surface area contributed by atoms with Gasteiger partial charge < -0.3 is 5.73 Å². The molecule has 0 spiro atoms. The molecular weight excluding hydrogens is 112 g/mol. The van der Waals surface area contributed by atoms with E-state index in [1.807, 2.05) is 12.1 Å². The van der Waals surface area contributed by atoms with Gasteiger partial charge in [0.2, 0.25) is 0 Å². The first-order valence-electron chi connectivity index (χ1n) is 2.80. The number of rotatable bonds is 1. The van der Waals surface area contributed by atoms with Crippen LogP contribution in [0, 0.1) is 6.92 Å². The lowest BCUT2D eigenvalue weighted by atomic mass is 10.2. The minimum Gasteiger partial charge on any atom is -0.325 e. The van der Waals surface area contributed by atoms with Gasteiger partial charge in [-0.15, -0.1) is 0 Å². The molecule has 0 saturated carbocycles. The Morgan fingerprint density at radius 3 is 2.89 bits per heavy atom. The van der Waals surface area contributed by atoms with Crippen molar-refractivity contribution in [1.29, 1.82) is 0 Å². The van der Waals surface area contributed by atoms with Crippen LogP contribution >= 0.6 is 0 Å². The van der Waals surface area contributed by atoms with Gasteiger partial charge >= 0.3 is 0 Å². The molecule has 0 aliphatic rings. The van der Waals surface area contributed by atoms with Crippen LogP contribution in [0.4, 0.5) is 0 Å². The molecule has 1 aromatic rings. The minimum atomic E-state index is 0.472. The summed E-state index contributed by atoms with van der Waals surface area (Å²) < 4.78 is 0. The van der Waals surface area contributed by atoms with Crippen molar-refractivity contribution < 1.29 is 0 Å². The Kier molecular flexibility index (Phi) is 1.80. The highest BCUT2D eigenvalue weighted by Gasteiger charge is 1.91. The van der Waals surface area contributed by atoms with Crippen molar-refractivity contribution >= 4 is 0 Å². The van der Waals surface area contributed by atoms with E-state index in [0.29, 0.717) is 6.54 Å². The maximum Gasteiger partial charge on any atom is 0.0571 e. The fourth-order valence-electron chi connectivity index (χ4n) is 0.655. The van der Waals surface area contributed by atoms with Crippen LogP contribution in [0.5, 0.6) is 0 Å². The lowest BCUT2D eigenvalue weighted by Gasteiger charge is -1.97. The standard InChI is InChI=1S/C7H9N2/c1-6-3-2-4-9-7(6)5-8/h2-4H,1,5,8H2. The first-order valence-corrected chi connectivity index (χ1v) is 2.80. The molecule has 2 heteroatoms. The van der Waals surface area contributed by atoms with Gasteiger partial charge in [-0.3, -0.25) is 4.98 Å². The van der Waals surface area contributed by atoms with Crippen molar-refractivity contribution in [3.63, 3.8) is 0 Å². The van der Waals surface area contributed by atoms with Gasteiger partial charge in [-0.25, -0.2) is 0 Å². The maximum atomic E-state index is 5.35. The van der Waals surface area contributed by atoms with E-state index in [4.69, 9.17) is 5.73 Å². The van der Waals surface area contributed by atoms with Crippen molar-refractivity contribution in [2.75, 3.05) is 0 Å². The molecule has 9 heavy (non-hydrogen) atoms. The summed E-state index contributed by atoms with van der Waals surface area (Å²) in [5.74, 6) is 0. The largest absolute Gasteiger partial charge is 0.325 e. The smallest absolute Gasteiger partial charge is 0.0571 e. The van der Waals surface area contributed by atoms with E-state index in [1.54, 1.807) is 6.20 Å². The second kappa shape index (κ2) is 2.60. The van der Waals surface area contributed by atoms with Crippen molar-refractivity contribution in [2.24, 2.45) is 5.73 Å². The monoisotopic (exact) mass is 121 g/mol. The Balaban J connectivity index is 3.01. The lowest BCUT2D eigenvalue weighted by molar-refractivity contribution is 0.980. The summed E-state index contributed by atoms with van der Waals surface area (Å²) in [4.78, 5) is 4.01. The Morgan fingerprint density at radius 1 is 1.67 bits per heavy atom. The van der Waals surface area contributed by atoms with Gasteiger partial charge in [0.05, 0.1) is 5.69 Å². The van der Waals surface area contributed by atoms with Crippen molar-refractivity contribution in [2.45, 2.75) is 6.54 Å². The van der Waals surface area contributed by atoms with E-state index < -0.39 is 0 Å². The molecule has 2 nitrogen and oxygen atoms in total. The molecule has 1 radical (unpaired) electrons. The highest BCUT2D eigenvalue weighted by Crippen LogP contribution is 1.99. The van der Waals surface area contributed by atoms with Crippen LogP contribution in [0.3, 0.4) is 0 Å². The molecule has 0 amide bonds. The highest BCUT2D eigenvalue weighted by molar-refractivity contribution is 5.21. The van der Waals surface area contributed by atoms with Crippen LogP contribution in [-0.4, -0.2) is 4.98 Å². The third kappa shape index (κ3) is 1.27. The van der Waals surface area contributed by atoms with Crippen LogP contribution in [-0.2, 0) is 6.54 Å². The number of hydrogen-bond acceptors (Lipinski definition) is 2. The summed E-state index contributed by atoms with van der Waals surface area (Å²) in [5, 5.41) is 0. The highest BCUT2D eigenvalue weighted by atomic mass is 14.7. The SMILES string of the molecule is [CH2]c1cccnc1CN. The van der Waals surface area contributed by atoms with Crippen LogP contribution in [0.1, 0.15) is 11.3 Å². The zero-order valence-electron chi connectivity index (χ0n) is 5.17. The molecular formula is C7H9N2. The zero-order valence-corrected chi connectivity index (χ0v) is 5.17. The number of nitrogens with two attached hydrogens (primary N) is 1. The second-order valence-corrected chi connectivity index (χ2v) is 1.81. The molecule has 47 valence electrons. The third-order valence-corrected chi connectivity index (χ3v) is 1.18. The first-order chi connectivity index (χ1) is 4.34. The Hall–Kier alpha value is -0.890. The van der Waals surface area contributed by atoms with E-state index in [-0.39, 0.29) is 0 Å². The Labute approximate surface area is 54.7 Å². The number of aromatic nitrogens is 1. The Bertz CT molecular complexity index is 196. The fraction of sp³-hybridized carbons (Fsp3) is 0.143. The molecule has 0 unspecified atom stereocenters. The zero-order chi connectivity index (χ0) is 6.69. The van der Waals surface area contributed by atoms with Crippen LogP contribution in [0.15, 0.2) is 18.3 Å². The minimum absolute atomic E-state index is 0.472. The van der Waals surface area contributed by atoms with E-state index in [0.717, 1.165) is 11.3 Å². The van der Waals surface area contributed by atoms with E-state index in [2.05, 4.69) is 11.9 Å². The molecule has 1 aromatic heterocycles. The number of hydrogen-bond donors (Lipinski definition) is 1. The van der Waals surface area contributed by atoms with Crippen LogP contribution < -0.4 is 5.73 Å². The first kappa shape index (κ1) is 6.23. The van der Waals surface area contributed by atoms with Crippen LogP contribution in [0.2, 0.25) is 0 Å². The summed E-state index contributed by atoms with van der Waals surface area (Å²) in [7, 11) is 0. The normalized spacial score (nSPS) is 9.56. The third-order valence-electron chi connectivity index (χ3n) is 1.18. The van der Waals surface area contributed by atoms with Crippen molar-refractivity contribution in [3.8, 4) is 0 Å². The maximum absolute atomic E-state index is 5.35. The predicted octanol–water partition coefficient (Wildman–Crippen LogP) is 0.722. The van der Waals surface area contributed by atoms with Gasteiger partial charge in [-0.05, 0) is 18.6 Å². The van der Waals surface area contributed by atoms with E-state index in [9.17, 15) is 0 Å². The van der Waals surface area contributed by atoms with Gasteiger partial charge in [0, 0.05) is 12.7 Å². The topological polar surface area (TPSA) is 38.9 Å². The summed E-state index contributed by atoms with van der Waals surface area (Å²) in [6.07, 6.45) is 1.72. The molecule has 0 bridgehead atoms. The number of pyridine rings is 1. The molecule has 0 aromatic carbocycles. The molecule has 2 N–H and O–H groups in total. The summed E-state index contributed by atoms with van der Waals surface area (Å²) in [6, 6.07) is 3.75. The van der Waals surface area contributed by atoms with Crippen LogP contribution in [0.25, 0.3) is 0 Å². The van der Waals surface area contributed by atoms with Crippen molar-refractivity contribution in [3.05, 3.63) is 36.5 Å². The number of nitrogens with zero attached hydrogens (tertiary/aromatic N) is 1. The molecule has 0 atom stereocenters. The average molecular weight is 121 g/mol. The van der Waals surface area contributed by atoms with Gasteiger partial charge in [0.15, 0.2) is 0 Å². The molecule has 1 rings (SSSR count). The van der Waals surface area contributed by atoms with Gasteiger partial charge in [-0.1, -0.05) is 6.07 Å². The van der Waals surface area contributed by atoms with Crippen molar-refractivity contribution in [1.82, 2.24) is 4.98 Å². The summed E-state index contributed by atoms with van der Waals surface area (Å²) in [6.45, 7) is 4.22. The molecule has 0 fully saturated rings. The Morgan fingerprint density at radius 2 is 2.44 bits per heavy atom. The second-order valence-electron chi connectivity index (χ2n) is 1.81. The molecule has 0 saturated heterocycles. The van der Waals surface area contributed by atoms with Gasteiger partial charge in [0.1, 0.15) is 0 Å². The summed E-state index contributed by atoms with van der Waals surface area (Å²) in [5.41, 5.74) is 7.14. The van der Waals surface area contributed by atoms with Gasteiger partial charge in [-0.2, -0.15) is 0 Å².